The van der Waals surface area contributed by atoms with E-state index in [4.69, 9.17) is 0 Å². The topological polar surface area (TPSA) is 26.3 Å². The predicted molar refractivity (Wildman–Crippen MR) is 117 cm³/mol. The molecule has 0 bridgehead atoms. The molecule has 246 valence electrons. The van der Waals surface area contributed by atoms with Crippen LogP contribution in [0.5, 0.6) is 0 Å². The Hall–Kier alpha value is -1.58. The van der Waals surface area contributed by atoms with Gasteiger partial charge in [0.15, 0.2) is 0 Å². The molecule has 0 aromatic rings. The lowest BCUT2D eigenvalue weighted by molar-refractivity contribution is -0.441. The number of unbranched alkanes of at least 4 members (excludes halogenated alkanes) is 12. The maximum atomic E-state index is 13.7. The molecule has 1 unspecified atom stereocenters. The molecule has 0 fully saturated rings. The summed E-state index contributed by atoms with van der Waals surface area (Å²) in [6.07, 6.45) is -1.00. The van der Waals surface area contributed by atoms with Crippen molar-refractivity contribution in [2.24, 2.45) is 0 Å². The van der Waals surface area contributed by atoms with Crippen molar-refractivity contribution in [3.8, 4) is 0 Å². The minimum absolute atomic E-state index is 0.173. The van der Waals surface area contributed by atoms with Crippen LogP contribution in [-0.2, 0) is 9.53 Å². The van der Waals surface area contributed by atoms with Crippen LogP contribution in [-0.4, -0.2) is 54.3 Å². The maximum absolute atomic E-state index is 13.7. The number of ether oxygens (including phenoxy) is 1. The number of carbonyl (C=O) groups excluding carboxylic acids is 1. The first-order chi connectivity index (χ1) is 18.6. The minimum Gasteiger partial charge on any atom is -0.424 e. The third-order valence-electron chi connectivity index (χ3n) is 6.30. The van der Waals surface area contributed by atoms with Gasteiger partial charge in [0.05, 0.1) is 0 Å². The quantitative estimate of drug-likeness (QED) is 0.0670. The van der Waals surface area contributed by atoms with Crippen molar-refractivity contribution >= 4 is 5.97 Å². The minimum atomic E-state index is -8.27. The van der Waals surface area contributed by atoms with E-state index in [0.717, 1.165) is 44.9 Å². The van der Waals surface area contributed by atoms with Crippen LogP contribution in [0.4, 0.5) is 65.9 Å². The van der Waals surface area contributed by atoms with Crippen molar-refractivity contribution in [3.05, 3.63) is 0 Å². The highest BCUT2D eigenvalue weighted by Gasteiger charge is 2.92. The second-order valence-corrected chi connectivity index (χ2v) is 9.64. The summed E-state index contributed by atoms with van der Waals surface area (Å²) in [7, 11) is 0. The molecule has 0 heterocycles. The van der Waals surface area contributed by atoms with Crippen LogP contribution in [0, 0.1) is 0 Å². The average molecular weight is 638 g/mol. The lowest BCUT2D eigenvalue weighted by Gasteiger charge is -2.41. The van der Waals surface area contributed by atoms with Gasteiger partial charge in [0.1, 0.15) is 0 Å². The summed E-state index contributed by atoms with van der Waals surface area (Å²) < 4.78 is 202. The van der Waals surface area contributed by atoms with Gasteiger partial charge in [-0.05, 0) is 6.42 Å². The molecule has 0 aromatic carbocycles. The molecule has 17 heteroatoms. The Morgan fingerprint density at radius 3 is 1.17 bits per heavy atom. The van der Waals surface area contributed by atoms with Gasteiger partial charge in [-0.15, -0.1) is 0 Å². The summed E-state index contributed by atoms with van der Waals surface area (Å²) in [5.74, 6) is -49.1. The van der Waals surface area contributed by atoms with E-state index in [-0.39, 0.29) is 12.8 Å². The smallest absolute Gasteiger partial charge is 0.385 e. The van der Waals surface area contributed by atoms with Crippen molar-refractivity contribution in [2.75, 3.05) is 0 Å². The fraction of sp³-hybridized carbons (Fsp3) is 0.958. The number of hydrogen-bond donors (Lipinski definition) is 0. The van der Waals surface area contributed by atoms with E-state index in [1.54, 1.807) is 0 Å². The molecule has 0 amide bonds. The van der Waals surface area contributed by atoms with Crippen molar-refractivity contribution in [1.29, 1.82) is 0 Å². The number of alkyl halides is 15. The third kappa shape index (κ3) is 9.20. The van der Waals surface area contributed by atoms with Crippen LogP contribution in [0.15, 0.2) is 0 Å². The Kier molecular flexibility index (Phi) is 15.2. The molecule has 0 aliphatic heterocycles. The summed E-state index contributed by atoms with van der Waals surface area (Å²) >= 11 is 0. The molecule has 1 atom stereocenters. The zero-order valence-corrected chi connectivity index (χ0v) is 22.0. The number of rotatable bonds is 22. The first-order valence-corrected chi connectivity index (χ1v) is 13.0. The van der Waals surface area contributed by atoms with E-state index in [0.29, 0.717) is 12.8 Å². The molecule has 0 radical (unpaired) electrons. The van der Waals surface area contributed by atoms with Crippen LogP contribution in [0.3, 0.4) is 0 Å². The van der Waals surface area contributed by atoms with Gasteiger partial charge in [0.25, 0.3) is 0 Å². The summed E-state index contributed by atoms with van der Waals surface area (Å²) in [5.41, 5.74) is 0. The second kappa shape index (κ2) is 15.8. The summed E-state index contributed by atoms with van der Waals surface area (Å²) in [6.45, 7) is 2.10. The van der Waals surface area contributed by atoms with E-state index in [9.17, 15) is 70.7 Å². The summed E-state index contributed by atoms with van der Waals surface area (Å²) in [5, 5.41) is 0. The van der Waals surface area contributed by atoms with Crippen molar-refractivity contribution in [3.63, 3.8) is 0 Å². The highest BCUT2D eigenvalue weighted by Crippen LogP contribution is 2.61. The second-order valence-electron chi connectivity index (χ2n) is 9.64. The molecule has 0 saturated heterocycles. The van der Waals surface area contributed by atoms with E-state index < -0.39 is 60.7 Å². The zero-order chi connectivity index (χ0) is 32.3. The number of carbonyl (C=O) groups is 1. The molecule has 0 spiro atoms. The van der Waals surface area contributed by atoms with Crippen LogP contribution in [0.1, 0.15) is 96.8 Å². The first kappa shape index (κ1) is 39.4. The average Bonchev–Trinajstić information content (AvgIpc) is 2.85. The molecule has 0 aromatic heterocycles. The lowest BCUT2D eigenvalue weighted by atomic mass is 9.91. The predicted octanol–water partition coefficient (Wildman–Crippen LogP) is 10.4. The lowest BCUT2D eigenvalue weighted by Crippen LogP contribution is -2.72. The summed E-state index contributed by atoms with van der Waals surface area (Å²) in [6, 6.07) is 0. The van der Waals surface area contributed by atoms with Gasteiger partial charge in [-0.2, -0.15) is 57.1 Å². The Labute approximate surface area is 227 Å². The van der Waals surface area contributed by atoms with Crippen LogP contribution < -0.4 is 0 Å². The van der Waals surface area contributed by atoms with E-state index >= 15 is 0 Å². The summed E-state index contributed by atoms with van der Waals surface area (Å²) in [4.78, 5) is 11.5. The fourth-order valence-electron chi connectivity index (χ4n) is 3.63. The van der Waals surface area contributed by atoms with E-state index in [1.165, 1.54) is 12.8 Å². The van der Waals surface area contributed by atoms with Crippen LogP contribution in [0.25, 0.3) is 0 Å². The van der Waals surface area contributed by atoms with Gasteiger partial charge >= 0.3 is 54.3 Å². The fourth-order valence-corrected chi connectivity index (χ4v) is 3.63. The van der Waals surface area contributed by atoms with Crippen molar-refractivity contribution < 1.29 is 75.4 Å². The Morgan fingerprint density at radius 2 is 0.829 bits per heavy atom. The van der Waals surface area contributed by atoms with Crippen molar-refractivity contribution in [1.82, 2.24) is 0 Å². The van der Waals surface area contributed by atoms with Gasteiger partial charge in [0.2, 0.25) is 0 Å². The van der Waals surface area contributed by atoms with Crippen molar-refractivity contribution in [2.45, 2.75) is 145 Å². The molecule has 0 saturated carbocycles. The molecule has 41 heavy (non-hydrogen) atoms. The molecule has 0 aliphatic rings. The van der Waals surface area contributed by atoms with Gasteiger partial charge in [0, 0.05) is 6.42 Å². The van der Waals surface area contributed by atoms with Gasteiger partial charge in [-0.3, -0.25) is 4.79 Å². The van der Waals surface area contributed by atoms with E-state index in [1.807, 2.05) is 0 Å². The SMILES string of the molecule is CCCCCCCCCCCCCCCC(=O)OC(F)C(F)(F)C(F)(F)C(F)(F)C(F)(F)C(F)(F)C(F)(F)C(F)F. The van der Waals surface area contributed by atoms with Crippen LogP contribution in [0.2, 0.25) is 0 Å². The normalized spacial score (nSPS) is 15.0. The first-order valence-electron chi connectivity index (χ1n) is 13.0. The Balaban J connectivity index is 4.91. The molecule has 0 rings (SSSR count). The Bertz CT molecular complexity index is 772. The number of halogens is 15. The molecule has 2 nitrogen and oxygen atoms in total. The highest BCUT2D eigenvalue weighted by molar-refractivity contribution is 5.69. The molecular weight excluding hydrogens is 605 g/mol. The van der Waals surface area contributed by atoms with Gasteiger partial charge < -0.3 is 4.74 Å². The third-order valence-corrected chi connectivity index (χ3v) is 6.30. The maximum Gasteiger partial charge on any atom is 0.385 e. The largest absolute Gasteiger partial charge is 0.424 e. The van der Waals surface area contributed by atoms with Gasteiger partial charge in [-0.25, -0.2) is 8.78 Å². The highest BCUT2D eigenvalue weighted by atomic mass is 19.4. The van der Waals surface area contributed by atoms with Gasteiger partial charge in [-0.1, -0.05) is 84.0 Å². The van der Waals surface area contributed by atoms with E-state index in [2.05, 4.69) is 11.7 Å². The number of esters is 1. The monoisotopic (exact) mass is 638 g/mol. The molecular formula is C24H33F15O2. The molecule has 0 N–H and O–H groups in total. The van der Waals surface area contributed by atoms with Crippen LogP contribution >= 0.6 is 0 Å². The Morgan fingerprint density at radius 1 is 0.512 bits per heavy atom. The zero-order valence-electron chi connectivity index (χ0n) is 22.0. The standard InChI is InChI=1S/C24H33F15O2/c1-2-3-4-5-6-7-8-9-10-11-12-13-14-15-16(40)41-18(27)20(30,31)22(34,35)24(38,39)23(36,37)21(32,33)19(28,29)17(25)26/h17-18H,2-15H2,1H3. The molecule has 0 aliphatic carbocycles. The number of hydrogen-bond acceptors (Lipinski definition) is 2.